The van der Waals surface area contributed by atoms with Gasteiger partial charge in [-0.1, -0.05) is 0 Å². The highest BCUT2D eigenvalue weighted by atomic mass is 32.2. The summed E-state index contributed by atoms with van der Waals surface area (Å²) in [5.74, 6) is 1.11. The monoisotopic (exact) mass is 236 g/mol. The van der Waals surface area contributed by atoms with Crippen LogP contribution in [0, 0.1) is 0 Å². The van der Waals surface area contributed by atoms with E-state index in [0.717, 1.165) is 37.0 Å². The van der Waals surface area contributed by atoms with Crippen LogP contribution in [-0.2, 0) is 4.74 Å². The van der Waals surface area contributed by atoms with Crippen molar-refractivity contribution in [2.75, 3.05) is 45.9 Å². The fourth-order valence-corrected chi connectivity index (χ4v) is 1.53. The van der Waals surface area contributed by atoms with Crippen LogP contribution in [0.15, 0.2) is 0 Å². The Morgan fingerprint density at radius 3 is 2.86 bits per heavy atom. The lowest BCUT2D eigenvalue weighted by Gasteiger charge is -2.20. The molecule has 14 heavy (non-hydrogen) atoms. The summed E-state index contributed by atoms with van der Waals surface area (Å²) >= 11 is 7.03. The molecule has 0 heterocycles. The van der Waals surface area contributed by atoms with Crippen LogP contribution in [0.5, 0.6) is 0 Å². The number of rotatable bonds is 7. The van der Waals surface area contributed by atoms with Crippen molar-refractivity contribution >= 4 is 29.1 Å². The van der Waals surface area contributed by atoms with Crippen molar-refractivity contribution in [1.82, 2.24) is 10.2 Å². The van der Waals surface area contributed by atoms with Gasteiger partial charge in [-0.15, -0.1) is 0 Å². The molecule has 84 valence electrons. The Bertz CT molecular complexity index is 156. The second kappa shape index (κ2) is 9.55. The van der Waals surface area contributed by atoms with Gasteiger partial charge in [0.25, 0.3) is 0 Å². The van der Waals surface area contributed by atoms with E-state index in [0.29, 0.717) is 0 Å². The standard InChI is InChI=1S/C9H20N2OS2/c1-11(6-8-14-3)9(13)10-5-4-7-12-2/h4-8H2,1-3H3,(H,10,13). The minimum Gasteiger partial charge on any atom is -0.385 e. The van der Waals surface area contributed by atoms with Gasteiger partial charge in [0, 0.05) is 39.6 Å². The second-order valence-electron chi connectivity index (χ2n) is 2.99. The molecule has 1 N–H and O–H groups in total. The maximum Gasteiger partial charge on any atom is 0.168 e. The van der Waals surface area contributed by atoms with Crippen LogP contribution in [0.25, 0.3) is 0 Å². The van der Waals surface area contributed by atoms with Crippen molar-refractivity contribution in [3.8, 4) is 0 Å². The summed E-state index contributed by atoms with van der Waals surface area (Å²) < 4.78 is 4.95. The fourth-order valence-electron chi connectivity index (χ4n) is 0.877. The van der Waals surface area contributed by atoms with Crippen LogP contribution in [0.2, 0.25) is 0 Å². The number of hydrogen-bond donors (Lipinski definition) is 1. The number of nitrogens with zero attached hydrogens (tertiary/aromatic N) is 1. The van der Waals surface area contributed by atoms with Gasteiger partial charge in [0.1, 0.15) is 0 Å². The molecular weight excluding hydrogens is 216 g/mol. The van der Waals surface area contributed by atoms with Crippen molar-refractivity contribution in [3.05, 3.63) is 0 Å². The molecule has 0 aromatic heterocycles. The molecule has 0 aliphatic rings. The van der Waals surface area contributed by atoms with Crippen LogP contribution in [-0.4, -0.2) is 55.9 Å². The SMILES string of the molecule is COCCCNC(=S)N(C)CCSC. The first-order chi connectivity index (χ1) is 6.72. The highest BCUT2D eigenvalue weighted by Crippen LogP contribution is 1.93. The van der Waals surface area contributed by atoms with Gasteiger partial charge in [-0.05, 0) is 24.9 Å². The minimum absolute atomic E-state index is 0.782. The van der Waals surface area contributed by atoms with E-state index >= 15 is 0 Å². The third-order valence-electron chi connectivity index (χ3n) is 1.78. The highest BCUT2D eigenvalue weighted by molar-refractivity contribution is 7.98. The van der Waals surface area contributed by atoms with E-state index < -0.39 is 0 Å². The van der Waals surface area contributed by atoms with E-state index in [4.69, 9.17) is 17.0 Å². The molecule has 0 fully saturated rings. The van der Waals surface area contributed by atoms with Gasteiger partial charge in [-0.2, -0.15) is 11.8 Å². The summed E-state index contributed by atoms with van der Waals surface area (Å²) in [5, 5.41) is 4.02. The molecule has 0 unspecified atom stereocenters. The molecule has 0 spiro atoms. The molecule has 0 aliphatic carbocycles. The molecule has 0 atom stereocenters. The summed E-state index contributed by atoms with van der Waals surface area (Å²) in [7, 11) is 3.73. The van der Waals surface area contributed by atoms with Gasteiger partial charge in [0.2, 0.25) is 0 Å². The molecule has 0 aromatic rings. The quantitative estimate of drug-likeness (QED) is 0.529. The number of ether oxygens (including phenoxy) is 1. The molecule has 3 nitrogen and oxygen atoms in total. The predicted octanol–water partition coefficient (Wildman–Crippen LogP) is 1.19. The Morgan fingerprint density at radius 2 is 2.29 bits per heavy atom. The summed E-state index contributed by atoms with van der Waals surface area (Å²) in [5.41, 5.74) is 0. The summed E-state index contributed by atoms with van der Waals surface area (Å²) in [6.07, 6.45) is 3.09. The van der Waals surface area contributed by atoms with Crippen molar-refractivity contribution < 1.29 is 4.74 Å². The zero-order valence-electron chi connectivity index (χ0n) is 9.21. The van der Waals surface area contributed by atoms with Crippen LogP contribution in [0.4, 0.5) is 0 Å². The van der Waals surface area contributed by atoms with Gasteiger partial charge in [-0.3, -0.25) is 0 Å². The number of thiocarbonyl (C=S) groups is 1. The predicted molar refractivity (Wildman–Crippen MR) is 68.1 cm³/mol. The average Bonchev–Trinajstić information content (AvgIpc) is 2.20. The van der Waals surface area contributed by atoms with Crippen molar-refractivity contribution in [1.29, 1.82) is 0 Å². The number of thioether (sulfide) groups is 1. The first-order valence-electron chi connectivity index (χ1n) is 4.69. The van der Waals surface area contributed by atoms with Gasteiger partial charge in [0.05, 0.1) is 0 Å². The van der Waals surface area contributed by atoms with Crippen molar-refractivity contribution in [2.45, 2.75) is 6.42 Å². The Kier molecular flexibility index (Phi) is 9.55. The molecule has 0 saturated carbocycles. The smallest absolute Gasteiger partial charge is 0.168 e. The van der Waals surface area contributed by atoms with E-state index in [9.17, 15) is 0 Å². The van der Waals surface area contributed by atoms with Crippen molar-refractivity contribution in [3.63, 3.8) is 0 Å². The summed E-state index contributed by atoms with van der Waals surface area (Å²) in [4.78, 5) is 2.07. The van der Waals surface area contributed by atoms with Crippen LogP contribution in [0.1, 0.15) is 6.42 Å². The van der Waals surface area contributed by atoms with Gasteiger partial charge >= 0.3 is 0 Å². The molecule has 0 aromatic carbocycles. The Balaban J connectivity index is 3.42. The molecule has 0 aliphatic heterocycles. The molecule has 5 heteroatoms. The van der Waals surface area contributed by atoms with Crippen LogP contribution >= 0.6 is 24.0 Å². The second-order valence-corrected chi connectivity index (χ2v) is 4.36. The number of methoxy groups -OCH3 is 1. The third kappa shape index (κ3) is 7.41. The number of nitrogens with one attached hydrogen (secondary N) is 1. The first-order valence-corrected chi connectivity index (χ1v) is 6.49. The number of hydrogen-bond acceptors (Lipinski definition) is 3. The van der Waals surface area contributed by atoms with E-state index in [2.05, 4.69) is 16.5 Å². The van der Waals surface area contributed by atoms with E-state index in [1.807, 2.05) is 18.8 Å². The maximum absolute atomic E-state index is 5.20. The van der Waals surface area contributed by atoms with Gasteiger partial charge in [0.15, 0.2) is 5.11 Å². The van der Waals surface area contributed by atoms with Crippen molar-refractivity contribution in [2.24, 2.45) is 0 Å². The Hall–Kier alpha value is 0. The molecular formula is C9H20N2OS2. The Labute approximate surface area is 96.6 Å². The maximum atomic E-state index is 5.20. The van der Waals surface area contributed by atoms with Crippen LogP contribution in [0.3, 0.4) is 0 Å². The largest absolute Gasteiger partial charge is 0.385 e. The lowest BCUT2D eigenvalue weighted by Crippen LogP contribution is -2.38. The molecule has 0 amide bonds. The molecule has 0 radical (unpaired) electrons. The minimum atomic E-state index is 0.782. The average molecular weight is 236 g/mol. The third-order valence-corrected chi connectivity index (χ3v) is 2.83. The lowest BCUT2D eigenvalue weighted by molar-refractivity contribution is 0.195. The molecule has 0 rings (SSSR count). The highest BCUT2D eigenvalue weighted by Gasteiger charge is 2.01. The molecule has 0 saturated heterocycles. The topological polar surface area (TPSA) is 24.5 Å². The summed E-state index contributed by atoms with van der Waals surface area (Å²) in [6.45, 7) is 2.66. The van der Waals surface area contributed by atoms with E-state index in [1.54, 1.807) is 7.11 Å². The van der Waals surface area contributed by atoms with Crippen LogP contribution < -0.4 is 5.32 Å². The molecule has 0 bridgehead atoms. The van der Waals surface area contributed by atoms with E-state index in [1.165, 1.54) is 0 Å². The van der Waals surface area contributed by atoms with E-state index in [-0.39, 0.29) is 0 Å². The normalized spacial score (nSPS) is 9.93. The van der Waals surface area contributed by atoms with Gasteiger partial charge in [-0.25, -0.2) is 0 Å². The zero-order valence-corrected chi connectivity index (χ0v) is 10.8. The Morgan fingerprint density at radius 1 is 1.57 bits per heavy atom. The van der Waals surface area contributed by atoms with Gasteiger partial charge < -0.3 is 15.0 Å². The lowest BCUT2D eigenvalue weighted by atomic mass is 10.4. The first kappa shape index (κ1) is 14.0. The summed E-state index contributed by atoms with van der Waals surface area (Å²) in [6, 6.07) is 0. The zero-order chi connectivity index (χ0) is 10.8. The fraction of sp³-hybridized carbons (Fsp3) is 0.889.